The Morgan fingerprint density at radius 3 is 2.23 bits per heavy atom. The van der Waals surface area contributed by atoms with Crippen LogP contribution in [0.25, 0.3) is 5.76 Å². The summed E-state index contributed by atoms with van der Waals surface area (Å²) >= 11 is 0. The van der Waals surface area contributed by atoms with Gasteiger partial charge in [0.2, 0.25) is 0 Å². The lowest BCUT2D eigenvalue weighted by Gasteiger charge is -2.26. The Balaban J connectivity index is 1.58. The van der Waals surface area contributed by atoms with Gasteiger partial charge in [0, 0.05) is 24.5 Å². The van der Waals surface area contributed by atoms with Crippen LogP contribution in [-0.4, -0.2) is 33.3 Å². The number of rotatable bonds is 9. The standard InChI is InChI=1S/C32H28N2O5/c1-2-38-27-19-25(13-14-26(27)39-21-23-9-5-3-6-10-23)29-28(30(35)24-11-7-4-8-12-24)31(36)32(37)34(29)20-22-15-17-33-18-16-22/h3-19,29,35H,2,20-21H2,1H3/b30-28+. The van der Waals surface area contributed by atoms with Crippen LogP contribution in [0.3, 0.4) is 0 Å². The lowest BCUT2D eigenvalue weighted by Crippen LogP contribution is -2.29. The molecule has 0 radical (unpaired) electrons. The number of ether oxygens (including phenoxy) is 2. The van der Waals surface area contributed by atoms with Crippen molar-refractivity contribution in [1.29, 1.82) is 0 Å². The van der Waals surface area contributed by atoms with Gasteiger partial charge in [-0.2, -0.15) is 0 Å². The SMILES string of the molecule is CCOc1cc(C2/C(=C(\O)c3ccccc3)C(=O)C(=O)N2Cc2ccncc2)ccc1OCc1ccccc1. The molecule has 1 aliphatic rings. The van der Waals surface area contributed by atoms with Gasteiger partial charge in [0.25, 0.3) is 11.7 Å². The largest absolute Gasteiger partial charge is 0.507 e. The number of pyridine rings is 1. The molecular formula is C32H28N2O5. The third kappa shape index (κ3) is 5.52. The molecule has 1 unspecified atom stereocenters. The highest BCUT2D eigenvalue weighted by atomic mass is 16.5. The van der Waals surface area contributed by atoms with Crippen LogP contribution in [-0.2, 0) is 22.7 Å². The molecular weight excluding hydrogens is 492 g/mol. The smallest absolute Gasteiger partial charge is 0.295 e. The monoisotopic (exact) mass is 520 g/mol. The van der Waals surface area contributed by atoms with Crippen LogP contribution in [0.4, 0.5) is 0 Å². The van der Waals surface area contributed by atoms with Gasteiger partial charge in [-0.1, -0.05) is 66.7 Å². The number of benzene rings is 3. The van der Waals surface area contributed by atoms with Crippen molar-refractivity contribution >= 4 is 17.4 Å². The number of amides is 1. The number of aliphatic hydroxyl groups excluding tert-OH is 1. The van der Waals surface area contributed by atoms with Gasteiger partial charge in [-0.15, -0.1) is 0 Å². The van der Waals surface area contributed by atoms with E-state index in [1.807, 2.05) is 43.3 Å². The predicted octanol–water partition coefficient (Wildman–Crippen LogP) is 5.68. The number of Topliss-reactive ketones (excluding diaryl/α,β-unsaturated/α-hetero) is 1. The zero-order valence-corrected chi connectivity index (χ0v) is 21.5. The second-order valence-corrected chi connectivity index (χ2v) is 9.06. The van der Waals surface area contributed by atoms with E-state index in [0.29, 0.717) is 35.8 Å². The number of ketones is 1. The maximum absolute atomic E-state index is 13.4. The van der Waals surface area contributed by atoms with Gasteiger partial charge in [0.15, 0.2) is 11.5 Å². The molecule has 196 valence electrons. The molecule has 1 fully saturated rings. The van der Waals surface area contributed by atoms with Gasteiger partial charge in [0.05, 0.1) is 18.2 Å². The minimum atomic E-state index is -0.833. The molecule has 1 amide bonds. The van der Waals surface area contributed by atoms with E-state index < -0.39 is 17.7 Å². The van der Waals surface area contributed by atoms with Crippen LogP contribution in [0.2, 0.25) is 0 Å². The summed E-state index contributed by atoms with van der Waals surface area (Å²) in [5.74, 6) is -0.619. The number of likely N-dealkylation sites (tertiary alicyclic amines) is 1. The first-order valence-electron chi connectivity index (χ1n) is 12.7. The Morgan fingerprint density at radius 1 is 0.846 bits per heavy atom. The van der Waals surface area contributed by atoms with Crippen LogP contribution in [0.1, 0.15) is 35.2 Å². The van der Waals surface area contributed by atoms with Crippen LogP contribution in [0.5, 0.6) is 11.5 Å². The van der Waals surface area contributed by atoms with Crippen molar-refractivity contribution < 1.29 is 24.2 Å². The first kappa shape index (κ1) is 25.7. The fourth-order valence-electron chi connectivity index (χ4n) is 4.64. The number of carbonyl (C=O) groups is 2. The molecule has 4 aromatic rings. The fraction of sp³-hybridized carbons (Fsp3) is 0.156. The minimum absolute atomic E-state index is 0.0284. The average Bonchev–Trinajstić information content (AvgIpc) is 3.22. The molecule has 0 saturated carbocycles. The van der Waals surface area contributed by atoms with Gasteiger partial charge in [-0.25, -0.2) is 0 Å². The van der Waals surface area contributed by atoms with E-state index in [9.17, 15) is 14.7 Å². The fourth-order valence-corrected chi connectivity index (χ4v) is 4.64. The summed E-state index contributed by atoms with van der Waals surface area (Å²) < 4.78 is 12.0. The van der Waals surface area contributed by atoms with Crippen molar-refractivity contribution in [2.45, 2.75) is 26.1 Å². The van der Waals surface area contributed by atoms with Gasteiger partial charge in [0.1, 0.15) is 12.4 Å². The van der Waals surface area contributed by atoms with Crippen LogP contribution in [0, 0.1) is 0 Å². The van der Waals surface area contributed by atoms with E-state index >= 15 is 0 Å². The first-order chi connectivity index (χ1) is 19.1. The number of hydrogen-bond donors (Lipinski definition) is 1. The van der Waals surface area contributed by atoms with Crippen LogP contribution >= 0.6 is 0 Å². The Kier molecular flexibility index (Phi) is 7.68. The molecule has 1 N–H and O–H groups in total. The zero-order chi connectivity index (χ0) is 27.2. The number of carbonyl (C=O) groups excluding carboxylic acids is 2. The highest BCUT2D eigenvalue weighted by molar-refractivity contribution is 6.46. The Labute approximate surface area is 227 Å². The van der Waals surface area contributed by atoms with Crippen molar-refractivity contribution in [2.24, 2.45) is 0 Å². The Bertz CT molecular complexity index is 1490. The van der Waals surface area contributed by atoms with Gasteiger partial charge in [-0.05, 0) is 47.9 Å². The average molecular weight is 521 g/mol. The van der Waals surface area contributed by atoms with Crippen molar-refractivity contribution in [3.63, 3.8) is 0 Å². The van der Waals surface area contributed by atoms with Crippen molar-refractivity contribution in [3.05, 3.63) is 131 Å². The molecule has 2 heterocycles. The quantitative estimate of drug-likeness (QED) is 0.174. The molecule has 0 spiro atoms. The summed E-state index contributed by atoms with van der Waals surface area (Å²) in [6.45, 7) is 2.79. The topological polar surface area (TPSA) is 89.0 Å². The van der Waals surface area contributed by atoms with Crippen molar-refractivity contribution in [1.82, 2.24) is 9.88 Å². The maximum Gasteiger partial charge on any atom is 0.295 e. The Hall–Kier alpha value is -4.91. The van der Waals surface area contributed by atoms with E-state index in [1.54, 1.807) is 67.0 Å². The number of aromatic nitrogens is 1. The molecule has 7 nitrogen and oxygen atoms in total. The second kappa shape index (κ2) is 11.6. The summed E-state index contributed by atoms with van der Waals surface area (Å²) in [7, 11) is 0. The van der Waals surface area contributed by atoms with E-state index in [2.05, 4.69) is 4.98 Å². The molecule has 0 bridgehead atoms. The molecule has 1 aliphatic heterocycles. The van der Waals surface area contributed by atoms with Gasteiger partial charge in [-0.3, -0.25) is 14.6 Å². The highest BCUT2D eigenvalue weighted by Crippen LogP contribution is 2.42. The second-order valence-electron chi connectivity index (χ2n) is 9.06. The van der Waals surface area contributed by atoms with Gasteiger partial charge >= 0.3 is 0 Å². The lowest BCUT2D eigenvalue weighted by atomic mass is 9.95. The molecule has 1 atom stereocenters. The zero-order valence-electron chi connectivity index (χ0n) is 21.5. The van der Waals surface area contributed by atoms with Crippen LogP contribution < -0.4 is 9.47 Å². The normalized spacial score (nSPS) is 16.3. The minimum Gasteiger partial charge on any atom is -0.507 e. The van der Waals surface area contributed by atoms with E-state index in [4.69, 9.17) is 9.47 Å². The summed E-state index contributed by atoms with van der Waals surface area (Å²) in [5, 5.41) is 11.3. The Morgan fingerprint density at radius 2 is 1.54 bits per heavy atom. The molecule has 3 aromatic carbocycles. The van der Waals surface area contributed by atoms with Gasteiger partial charge < -0.3 is 19.5 Å². The summed E-state index contributed by atoms with van der Waals surface area (Å²) in [6, 6.07) is 26.7. The predicted molar refractivity (Wildman–Crippen MR) is 147 cm³/mol. The molecule has 1 aromatic heterocycles. The molecule has 5 rings (SSSR count). The van der Waals surface area contributed by atoms with E-state index in [-0.39, 0.29) is 17.9 Å². The number of hydrogen-bond acceptors (Lipinski definition) is 6. The molecule has 7 heteroatoms. The first-order valence-corrected chi connectivity index (χ1v) is 12.7. The summed E-state index contributed by atoms with van der Waals surface area (Å²) in [4.78, 5) is 32.2. The summed E-state index contributed by atoms with van der Waals surface area (Å²) in [6.07, 6.45) is 3.27. The van der Waals surface area contributed by atoms with E-state index in [0.717, 1.165) is 11.1 Å². The maximum atomic E-state index is 13.4. The molecule has 1 saturated heterocycles. The van der Waals surface area contributed by atoms with Crippen LogP contribution in [0.15, 0.2) is 109 Å². The van der Waals surface area contributed by atoms with E-state index in [1.165, 1.54) is 4.90 Å². The highest BCUT2D eigenvalue weighted by Gasteiger charge is 2.46. The van der Waals surface area contributed by atoms with Crippen molar-refractivity contribution in [3.8, 4) is 11.5 Å². The summed E-state index contributed by atoms with van der Waals surface area (Å²) in [5.41, 5.74) is 2.93. The van der Waals surface area contributed by atoms with Crippen molar-refractivity contribution in [2.75, 3.05) is 6.61 Å². The lowest BCUT2D eigenvalue weighted by molar-refractivity contribution is -0.140. The third-order valence-electron chi connectivity index (χ3n) is 6.51. The number of aliphatic hydroxyl groups is 1. The molecule has 0 aliphatic carbocycles. The third-order valence-corrected chi connectivity index (χ3v) is 6.51. The molecule has 39 heavy (non-hydrogen) atoms. The number of nitrogens with zero attached hydrogens (tertiary/aromatic N) is 2.